The van der Waals surface area contributed by atoms with E-state index in [9.17, 15) is 0 Å². The summed E-state index contributed by atoms with van der Waals surface area (Å²) >= 11 is 5.74. The van der Waals surface area contributed by atoms with Crippen LogP contribution in [0.1, 0.15) is 19.3 Å². The van der Waals surface area contributed by atoms with Crippen molar-refractivity contribution in [3.63, 3.8) is 0 Å². The molecule has 0 N–H and O–H groups in total. The van der Waals surface area contributed by atoms with Gasteiger partial charge in [0, 0.05) is 12.8 Å². The van der Waals surface area contributed by atoms with Gasteiger partial charge in [-0.05, 0) is 19.3 Å². The number of rotatable bonds is 4. The first kappa shape index (κ1) is 10.9. The van der Waals surface area contributed by atoms with E-state index in [-0.39, 0.29) is 6.29 Å². The van der Waals surface area contributed by atoms with Gasteiger partial charge in [0.2, 0.25) is 0 Å². The van der Waals surface area contributed by atoms with Crippen molar-refractivity contribution in [2.45, 2.75) is 32.1 Å². The van der Waals surface area contributed by atoms with Crippen molar-refractivity contribution in [1.29, 1.82) is 0 Å². The van der Waals surface area contributed by atoms with Crippen LogP contribution < -0.4 is 0 Å². The van der Waals surface area contributed by atoms with Crippen molar-refractivity contribution in [2.75, 3.05) is 13.2 Å². The zero-order chi connectivity index (χ0) is 10.5. The fourth-order valence-electron chi connectivity index (χ4n) is 1.58. The molecule has 0 amide bonds. The molecule has 0 spiro atoms. The first-order chi connectivity index (χ1) is 7.34. The number of aromatic nitrogens is 2. The van der Waals surface area contributed by atoms with Crippen LogP contribution in [0.5, 0.6) is 0 Å². The highest BCUT2D eigenvalue weighted by Gasteiger charge is 2.13. The minimum absolute atomic E-state index is 0.0233. The summed E-state index contributed by atoms with van der Waals surface area (Å²) in [5, 5.41) is 4.72. The van der Waals surface area contributed by atoms with Crippen molar-refractivity contribution in [1.82, 2.24) is 9.78 Å². The summed E-state index contributed by atoms with van der Waals surface area (Å²) in [7, 11) is 0. The Morgan fingerprint density at radius 3 is 3.20 bits per heavy atom. The monoisotopic (exact) mass is 230 g/mol. The van der Waals surface area contributed by atoms with E-state index < -0.39 is 0 Å². The van der Waals surface area contributed by atoms with Crippen molar-refractivity contribution in [3.05, 3.63) is 17.4 Å². The van der Waals surface area contributed by atoms with Crippen LogP contribution in [0, 0.1) is 0 Å². The third-order valence-electron chi connectivity index (χ3n) is 2.36. The summed E-state index contributed by atoms with van der Waals surface area (Å²) in [6.07, 6.45) is 6.72. The van der Waals surface area contributed by atoms with Gasteiger partial charge in [0.15, 0.2) is 6.29 Å². The first-order valence-electron chi connectivity index (χ1n) is 5.26. The second-order valence-electron chi connectivity index (χ2n) is 3.59. The maximum absolute atomic E-state index is 5.74. The Hall–Kier alpha value is -0.580. The van der Waals surface area contributed by atoms with Crippen LogP contribution in [-0.4, -0.2) is 29.3 Å². The molecule has 1 atom stereocenters. The van der Waals surface area contributed by atoms with E-state index in [1.54, 1.807) is 17.1 Å². The molecule has 0 aromatic carbocycles. The number of hydrogen-bond donors (Lipinski definition) is 0. The number of ether oxygens (including phenoxy) is 2. The molecule has 1 aromatic rings. The topological polar surface area (TPSA) is 36.3 Å². The Morgan fingerprint density at radius 2 is 2.53 bits per heavy atom. The van der Waals surface area contributed by atoms with E-state index in [1.165, 1.54) is 6.42 Å². The van der Waals surface area contributed by atoms with Crippen LogP contribution in [0.4, 0.5) is 0 Å². The molecule has 0 saturated carbocycles. The molecule has 1 fully saturated rings. The summed E-state index contributed by atoms with van der Waals surface area (Å²) in [5.41, 5.74) is 0. The maximum atomic E-state index is 5.74. The van der Waals surface area contributed by atoms with Gasteiger partial charge in [0.25, 0.3) is 0 Å². The lowest BCUT2D eigenvalue weighted by molar-refractivity contribution is -0.163. The molecule has 2 heterocycles. The van der Waals surface area contributed by atoms with Crippen molar-refractivity contribution < 1.29 is 9.47 Å². The Balaban J connectivity index is 1.65. The second kappa shape index (κ2) is 5.49. The second-order valence-corrected chi connectivity index (χ2v) is 4.02. The van der Waals surface area contributed by atoms with Crippen molar-refractivity contribution in [3.8, 4) is 0 Å². The van der Waals surface area contributed by atoms with E-state index >= 15 is 0 Å². The number of hydrogen-bond acceptors (Lipinski definition) is 3. The van der Waals surface area contributed by atoms with Crippen LogP contribution in [0.3, 0.4) is 0 Å². The summed E-state index contributed by atoms with van der Waals surface area (Å²) in [6.45, 7) is 2.15. The fourth-order valence-corrected chi connectivity index (χ4v) is 1.74. The Labute approximate surface area is 94.1 Å². The molecule has 1 aliphatic heterocycles. The van der Waals surface area contributed by atoms with Crippen LogP contribution >= 0.6 is 11.6 Å². The molecule has 15 heavy (non-hydrogen) atoms. The van der Waals surface area contributed by atoms with Gasteiger partial charge in [-0.1, -0.05) is 11.6 Å². The van der Waals surface area contributed by atoms with E-state index in [1.807, 2.05) is 0 Å². The van der Waals surface area contributed by atoms with E-state index in [0.717, 1.165) is 19.4 Å². The summed E-state index contributed by atoms with van der Waals surface area (Å²) in [4.78, 5) is 0. The largest absolute Gasteiger partial charge is 0.353 e. The summed E-state index contributed by atoms with van der Waals surface area (Å²) < 4.78 is 12.8. The zero-order valence-electron chi connectivity index (χ0n) is 8.56. The van der Waals surface area contributed by atoms with Crippen molar-refractivity contribution in [2.24, 2.45) is 0 Å². The van der Waals surface area contributed by atoms with Crippen molar-refractivity contribution >= 4 is 11.6 Å². The average molecular weight is 231 g/mol. The molecular weight excluding hydrogens is 216 g/mol. The molecule has 1 saturated heterocycles. The highest BCUT2D eigenvalue weighted by atomic mass is 35.5. The molecule has 2 rings (SSSR count). The third-order valence-corrected chi connectivity index (χ3v) is 2.56. The van der Waals surface area contributed by atoms with E-state index in [4.69, 9.17) is 21.1 Å². The van der Waals surface area contributed by atoms with Crippen LogP contribution in [0.25, 0.3) is 0 Å². The fraction of sp³-hybridized carbons (Fsp3) is 0.700. The van der Waals surface area contributed by atoms with Gasteiger partial charge in [0.1, 0.15) is 0 Å². The van der Waals surface area contributed by atoms with Gasteiger partial charge < -0.3 is 9.47 Å². The summed E-state index contributed by atoms with van der Waals surface area (Å²) in [6, 6.07) is 0. The van der Waals surface area contributed by atoms with E-state index in [0.29, 0.717) is 18.2 Å². The predicted molar refractivity (Wildman–Crippen MR) is 56.8 cm³/mol. The maximum Gasteiger partial charge on any atom is 0.157 e. The normalized spacial score (nSPS) is 21.8. The SMILES string of the molecule is Clc1cnn(CCO[C@H]2CCCCO2)c1. The van der Waals surface area contributed by atoms with E-state index in [2.05, 4.69) is 5.10 Å². The molecular formula is C10H15ClN2O2. The average Bonchev–Trinajstić information content (AvgIpc) is 2.66. The molecule has 0 aliphatic carbocycles. The Morgan fingerprint density at radius 1 is 1.60 bits per heavy atom. The molecule has 0 radical (unpaired) electrons. The van der Waals surface area contributed by atoms with Crippen LogP contribution in [-0.2, 0) is 16.0 Å². The zero-order valence-corrected chi connectivity index (χ0v) is 9.32. The van der Waals surface area contributed by atoms with Gasteiger partial charge in [0.05, 0.1) is 24.4 Å². The minimum atomic E-state index is -0.0233. The molecule has 5 heteroatoms. The highest BCUT2D eigenvalue weighted by Crippen LogP contribution is 2.13. The lowest BCUT2D eigenvalue weighted by Crippen LogP contribution is -2.24. The van der Waals surface area contributed by atoms with Gasteiger partial charge in [-0.2, -0.15) is 5.10 Å². The highest BCUT2D eigenvalue weighted by molar-refractivity contribution is 6.30. The predicted octanol–water partition coefficient (Wildman–Crippen LogP) is 2.08. The quantitative estimate of drug-likeness (QED) is 0.795. The van der Waals surface area contributed by atoms with Crippen LogP contribution in [0.15, 0.2) is 12.4 Å². The van der Waals surface area contributed by atoms with Gasteiger partial charge in [-0.15, -0.1) is 0 Å². The van der Waals surface area contributed by atoms with Gasteiger partial charge >= 0.3 is 0 Å². The van der Waals surface area contributed by atoms with Gasteiger partial charge in [-0.25, -0.2) is 0 Å². The lowest BCUT2D eigenvalue weighted by atomic mass is 10.2. The Kier molecular flexibility index (Phi) is 4.00. The smallest absolute Gasteiger partial charge is 0.157 e. The first-order valence-corrected chi connectivity index (χ1v) is 5.63. The lowest BCUT2D eigenvalue weighted by Gasteiger charge is -2.22. The van der Waals surface area contributed by atoms with Crippen LogP contribution in [0.2, 0.25) is 5.02 Å². The third kappa shape index (κ3) is 3.48. The van der Waals surface area contributed by atoms with Gasteiger partial charge in [-0.3, -0.25) is 4.68 Å². The summed E-state index contributed by atoms with van der Waals surface area (Å²) in [5.74, 6) is 0. The molecule has 4 nitrogen and oxygen atoms in total. The molecule has 0 unspecified atom stereocenters. The molecule has 84 valence electrons. The standard InChI is InChI=1S/C10H15ClN2O2/c11-9-7-12-13(8-9)4-6-15-10-3-1-2-5-14-10/h7-8,10H,1-6H2/t10-/m0/s1. The minimum Gasteiger partial charge on any atom is -0.353 e. The number of nitrogens with zero attached hydrogens (tertiary/aromatic N) is 2. The Bertz CT molecular complexity index is 297. The molecule has 1 aliphatic rings. The molecule has 1 aromatic heterocycles. The number of halogens is 1. The molecule has 0 bridgehead atoms.